The van der Waals surface area contributed by atoms with E-state index in [4.69, 9.17) is 0 Å². The zero-order valence-corrected chi connectivity index (χ0v) is 10.4. The van der Waals surface area contributed by atoms with Gasteiger partial charge in [-0.3, -0.25) is 0 Å². The maximum absolute atomic E-state index is 2.39. The Morgan fingerprint density at radius 2 is 2.00 bits per heavy atom. The Morgan fingerprint density at radius 3 is 2.67 bits per heavy atom. The third kappa shape index (κ3) is 2.09. The molecule has 1 aromatic carbocycles. The van der Waals surface area contributed by atoms with Gasteiger partial charge in [0.15, 0.2) is 0 Å². The van der Waals surface area contributed by atoms with E-state index in [1.165, 1.54) is 18.4 Å². The molecule has 2 atom stereocenters. The molecular weight excluding hydrogens is 180 g/mol. The number of fused-ring (bicyclic) bond motifs is 1. The molecule has 0 saturated carbocycles. The van der Waals surface area contributed by atoms with Crippen LogP contribution in [-0.4, -0.2) is 0 Å². The molecule has 0 nitrogen and oxygen atoms in total. The lowest BCUT2D eigenvalue weighted by atomic mass is 9.73. The fourth-order valence-corrected chi connectivity index (χ4v) is 2.81. The van der Waals surface area contributed by atoms with E-state index in [9.17, 15) is 0 Å². The third-order valence-corrected chi connectivity index (χ3v) is 3.91. The van der Waals surface area contributed by atoms with Crippen molar-refractivity contribution in [3.8, 4) is 0 Å². The lowest BCUT2D eigenvalue weighted by Gasteiger charge is -2.32. The minimum absolute atomic E-state index is 0.751. The molecule has 0 heterocycles. The fourth-order valence-electron chi connectivity index (χ4n) is 2.81. The minimum Gasteiger partial charge on any atom is -0.0625 e. The first kappa shape index (κ1) is 10.7. The molecule has 0 aliphatic heterocycles. The molecule has 0 spiro atoms. The van der Waals surface area contributed by atoms with Crippen LogP contribution in [0.1, 0.15) is 49.8 Å². The Morgan fingerprint density at radius 1 is 1.27 bits per heavy atom. The van der Waals surface area contributed by atoms with Crippen LogP contribution >= 0.6 is 0 Å². The molecule has 0 N–H and O–H groups in total. The molecule has 0 fully saturated rings. The quantitative estimate of drug-likeness (QED) is 0.636. The summed E-state index contributed by atoms with van der Waals surface area (Å²) in [5.74, 6) is 2.46. The molecule has 1 aromatic rings. The predicted molar refractivity (Wildman–Crippen MR) is 66.2 cm³/mol. The molecule has 2 rings (SSSR count). The van der Waals surface area contributed by atoms with Crippen LogP contribution in [0, 0.1) is 18.8 Å². The molecule has 0 radical (unpaired) electrons. The average Bonchev–Trinajstić information content (AvgIpc) is 2.18. The Hall–Kier alpha value is -0.780. The van der Waals surface area contributed by atoms with Crippen molar-refractivity contribution in [1.29, 1.82) is 0 Å². The number of benzene rings is 1. The van der Waals surface area contributed by atoms with Crippen molar-refractivity contribution in [2.45, 2.75) is 46.5 Å². The first-order chi connectivity index (χ1) is 7.08. The second-order valence-corrected chi connectivity index (χ2v) is 5.55. The number of aryl methyl sites for hydroxylation is 1. The van der Waals surface area contributed by atoms with Crippen LogP contribution in [0.15, 0.2) is 18.2 Å². The highest BCUT2D eigenvalue weighted by Crippen LogP contribution is 2.37. The van der Waals surface area contributed by atoms with Crippen LogP contribution < -0.4 is 0 Å². The summed E-state index contributed by atoms with van der Waals surface area (Å²) in [6, 6.07) is 6.99. The summed E-state index contributed by atoms with van der Waals surface area (Å²) < 4.78 is 0. The topological polar surface area (TPSA) is 0 Å². The van der Waals surface area contributed by atoms with E-state index in [-0.39, 0.29) is 0 Å². The standard InChI is InChI=1S/C15H22/c1-10(2)14-8-12(4)15-7-11(3)5-6-13(15)9-14/h5-7,10,12,14H,8-9H2,1-4H3. The smallest absolute Gasteiger partial charge is 0.0185 e. The second kappa shape index (κ2) is 4.00. The van der Waals surface area contributed by atoms with E-state index >= 15 is 0 Å². The molecule has 1 aliphatic carbocycles. The molecule has 2 unspecified atom stereocenters. The van der Waals surface area contributed by atoms with Crippen LogP contribution in [0.5, 0.6) is 0 Å². The highest BCUT2D eigenvalue weighted by Gasteiger charge is 2.25. The molecule has 0 bridgehead atoms. The van der Waals surface area contributed by atoms with E-state index in [1.54, 1.807) is 11.1 Å². The fraction of sp³-hybridized carbons (Fsp3) is 0.600. The largest absolute Gasteiger partial charge is 0.0625 e. The minimum atomic E-state index is 0.751. The molecule has 82 valence electrons. The van der Waals surface area contributed by atoms with Crippen molar-refractivity contribution in [2.75, 3.05) is 0 Å². The van der Waals surface area contributed by atoms with Gasteiger partial charge in [0.05, 0.1) is 0 Å². The van der Waals surface area contributed by atoms with Gasteiger partial charge in [-0.15, -0.1) is 0 Å². The molecule has 0 saturated heterocycles. The van der Waals surface area contributed by atoms with E-state index in [0.29, 0.717) is 0 Å². The van der Waals surface area contributed by atoms with Gasteiger partial charge in [-0.1, -0.05) is 44.5 Å². The van der Waals surface area contributed by atoms with Gasteiger partial charge in [0.1, 0.15) is 0 Å². The van der Waals surface area contributed by atoms with Crippen LogP contribution in [-0.2, 0) is 6.42 Å². The van der Waals surface area contributed by atoms with Crippen molar-refractivity contribution in [3.05, 3.63) is 34.9 Å². The van der Waals surface area contributed by atoms with Crippen molar-refractivity contribution in [3.63, 3.8) is 0 Å². The Bertz CT molecular complexity index is 349. The van der Waals surface area contributed by atoms with Crippen LogP contribution in [0.4, 0.5) is 0 Å². The first-order valence-corrected chi connectivity index (χ1v) is 6.17. The van der Waals surface area contributed by atoms with Gasteiger partial charge in [0, 0.05) is 0 Å². The lowest BCUT2D eigenvalue weighted by molar-refractivity contribution is 0.318. The zero-order chi connectivity index (χ0) is 11.0. The summed E-state index contributed by atoms with van der Waals surface area (Å²) in [7, 11) is 0. The summed E-state index contributed by atoms with van der Waals surface area (Å²) >= 11 is 0. The van der Waals surface area contributed by atoms with Crippen LogP contribution in [0.3, 0.4) is 0 Å². The molecule has 15 heavy (non-hydrogen) atoms. The maximum atomic E-state index is 2.39. The molecular formula is C15H22. The zero-order valence-electron chi connectivity index (χ0n) is 10.4. The predicted octanol–water partition coefficient (Wildman–Crippen LogP) is 4.32. The van der Waals surface area contributed by atoms with Crippen molar-refractivity contribution in [1.82, 2.24) is 0 Å². The Balaban J connectivity index is 2.32. The van der Waals surface area contributed by atoms with Gasteiger partial charge < -0.3 is 0 Å². The maximum Gasteiger partial charge on any atom is -0.0185 e. The normalized spacial score (nSPS) is 25.4. The van der Waals surface area contributed by atoms with Gasteiger partial charge in [0.2, 0.25) is 0 Å². The number of hydrogen-bond acceptors (Lipinski definition) is 0. The van der Waals surface area contributed by atoms with Crippen molar-refractivity contribution < 1.29 is 0 Å². The van der Waals surface area contributed by atoms with Gasteiger partial charge in [-0.2, -0.15) is 0 Å². The van der Waals surface area contributed by atoms with Gasteiger partial charge >= 0.3 is 0 Å². The molecule has 0 aromatic heterocycles. The van der Waals surface area contributed by atoms with E-state index in [1.807, 2.05) is 0 Å². The summed E-state index contributed by atoms with van der Waals surface area (Å²) in [5, 5.41) is 0. The Kier molecular flexibility index (Phi) is 2.86. The van der Waals surface area contributed by atoms with Gasteiger partial charge in [0.25, 0.3) is 0 Å². The summed E-state index contributed by atoms with van der Waals surface area (Å²) in [6.07, 6.45) is 2.66. The Labute approximate surface area is 93.7 Å². The summed E-state index contributed by atoms with van der Waals surface area (Å²) in [6.45, 7) is 9.29. The lowest BCUT2D eigenvalue weighted by Crippen LogP contribution is -2.21. The first-order valence-electron chi connectivity index (χ1n) is 6.17. The third-order valence-electron chi connectivity index (χ3n) is 3.91. The number of rotatable bonds is 1. The molecule has 0 heteroatoms. The SMILES string of the molecule is Cc1ccc2c(c1)C(C)CC(C(C)C)C2. The molecule has 1 aliphatic rings. The molecule has 0 amide bonds. The second-order valence-electron chi connectivity index (χ2n) is 5.55. The number of hydrogen-bond donors (Lipinski definition) is 0. The van der Waals surface area contributed by atoms with Crippen molar-refractivity contribution in [2.24, 2.45) is 11.8 Å². The van der Waals surface area contributed by atoms with Crippen molar-refractivity contribution >= 4 is 0 Å². The van der Waals surface area contributed by atoms with Gasteiger partial charge in [-0.25, -0.2) is 0 Å². The summed E-state index contributed by atoms with van der Waals surface area (Å²) in [5.41, 5.74) is 4.61. The monoisotopic (exact) mass is 202 g/mol. The highest BCUT2D eigenvalue weighted by atomic mass is 14.3. The van der Waals surface area contributed by atoms with E-state index < -0.39 is 0 Å². The summed E-state index contributed by atoms with van der Waals surface area (Å²) in [4.78, 5) is 0. The van der Waals surface area contributed by atoms with E-state index in [0.717, 1.165) is 17.8 Å². The average molecular weight is 202 g/mol. The van der Waals surface area contributed by atoms with Crippen LogP contribution in [0.2, 0.25) is 0 Å². The van der Waals surface area contributed by atoms with Gasteiger partial charge in [-0.05, 0) is 48.6 Å². The van der Waals surface area contributed by atoms with Crippen LogP contribution in [0.25, 0.3) is 0 Å². The highest BCUT2D eigenvalue weighted by molar-refractivity contribution is 5.36. The van der Waals surface area contributed by atoms with E-state index in [2.05, 4.69) is 45.9 Å².